The van der Waals surface area contributed by atoms with Crippen LogP contribution < -0.4 is 11.1 Å². The number of thiol groups is 1. The zero-order valence-electron chi connectivity index (χ0n) is 8.77. The molecule has 1 atom stereocenters. The van der Waals surface area contributed by atoms with Crippen molar-refractivity contribution < 1.29 is 0 Å². The van der Waals surface area contributed by atoms with E-state index in [1.807, 2.05) is 0 Å². The first kappa shape index (κ1) is 12.1. The van der Waals surface area contributed by atoms with Crippen LogP contribution in [0.15, 0.2) is 21.7 Å². The van der Waals surface area contributed by atoms with Gasteiger partial charge < -0.3 is 0 Å². The molecule has 15 heavy (non-hydrogen) atoms. The predicted molar refractivity (Wildman–Crippen MR) is 63.6 cm³/mol. The maximum absolute atomic E-state index is 11.3. The Morgan fingerprint density at radius 3 is 2.80 bits per heavy atom. The molecule has 1 unspecified atom stereocenters. The molecule has 0 aromatic carbocycles. The highest BCUT2D eigenvalue weighted by Gasteiger charge is 2.02. The summed E-state index contributed by atoms with van der Waals surface area (Å²) >= 11 is 4.15. The van der Waals surface area contributed by atoms with Crippen molar-refractivity contribution in [3.8, 4) is 0 Å². The van der Waals surface area contributed by atoms with E-state index in [1.165, 1.54) is 16.8 Å². The Kier molecular flexibility index (Phi) is 4.68. The van der Waals surface area contributed by atoms with Gasteiger partial charge >= 0.3 is 0 Å². The van der Waals surface area contributed by atoms with Crippen LogP contribution in [0.4, 0.5) is 0 Å². The molecule has 1 heterocycles. The molecule has 0 amide bonds. The molecule has 0 spiro atoms. The summed E-state index contributed by atoms with van der Waals surface area (Å²) in [6.07, 6.45) is 1.90. The molecule has 0 aliphatic carbocycles. The number of rotatable bonds is 5. The normalized spacial score (nSPS) is 12.7. The SMILES string of the molecule is CC(CCS)CCn1[nH]c(=O)ccc1=O. The van der Waals surface area contributed by atoms with Crippen LogP contribution in [-0.4, -0.2) is 15.5 Å². The highest BCUT2D eigenvalue weighted by atomic mass is 32.1. The van der Waals surface area contributed by atoms with Crippen LogP contribution in [0.1, 0.15) is 19.8 Å². The van der Waals surface area contributed by atoms with Gasteiger partial charge in [0.25, 0.3) is 11.1 Å². The Morgan fingerprint density at radius 2 is 2.13 bits per heavy atom. The van der Waals surface area contributed by atoms with E-state index in [2.05, 4.69) is 24.7 Å². The number of hydrogen-bond donors (Lipinski definition) is 2. The fourth-order valence-corrected chi connectivity index (χ4v) is 1.78. The van der Waals surface area contributed by atoms with Crippen LogP contribution in [0.2, 0.25) is 0 Å². The second-order valence-corrected chi connectivity index (χ2v) is 4.15. The van der Waals surface area contributed by atoms with Gasteiger partial charge in [0.2, 0.25) is 0 Å². The number of aromatic nitrogens is 2. The van der Waals surface area contributed by atoms with E-state index in [9.17, 15) is 9.59 Å². The zero-order chi connectivity index (χ0) is 11.3. The van der Waals surface area contributed by atoms with Gasteiger partial charge in [-0.25, -0.2) is 0 Å². The fourth-order valence-electron chi connectivity index (χ4n) is 1.34. The Balaban J connectivity index is 2.61. The zero-order valence-corrected chi connectivity index (χ0v) is 9.67. The quantitative estimate of drug-likeness (QED) is 0.735. The summed E-state index contributed by atoms with van der Waals surface area (Å²) in [7, 11) is 0. The van der Waals surface area contributed by atoms with Crippen molar-refractivity contribution >= 4 is 12.6 Å². The van der Waals surface area contributed by atoms with Crippen molar-refractivity contribution in [2.45, 2.75) is 26.3 Å². The van der Waals surface area contributed by atoms with Crippen molar-refractivity contribution in [2.75, 3.05) is 5.75 Å². The van der Waals surface area contributed by atoms with Gasteiger partial charge in [-0.3, -0.25) is 19.4 Å². The van der Waals surface area contributed by atoms with Gasteiger partial charge in [0, 0.05) is 18.7 Å². The van der Waals surface area contributed by atoms with E-state index in [-0.39, 0.29) is 11.1 Å². The lowest BCUT2D eigenvalue weighted by Gasteiger charge is -2.10. The minimum Gasteiger partial charge on any atom is -0.268 e. The first-order valence-electron chi connectivity index (χ1n) is 5.04. The number of nitrogens with zero attached hydrogens (tertiary/aromatic N) is 1. The van der Waals surface area contributed by atoms with Gasteiger partial charge in [-0.15, -0.1) is 0 Å². The first-order valence-corrected chi connectivity index (χ1v) is 5.67. The van der Waals surface area contributed by atoms with Crippen LogP contribution in [0, 0.1) is 5.92 Å². The van der Waals surface area contributed by atoms with E-state index >= 15 is 0 Å². The van der Waals surface area contributed by atoms with Crippen LogP contribution in [-0.2, 0) is 6.54 Å². The minimum absolute atomic E-state index is 0.160. The predicted octanol–water partition coefficient (Wildman–Crippen LogP) is 0.883. The van der Waals surface area contributed by atoms with Crippen LogP contribution in [0.3, 0.4) is 0 Å². The Hall–Kier alpha value is -0.970. The lowest BCUT2D eigenvalue weighted by molar-refractivity contribution is 0.437. The van der Waals surface area contributed by atoms with Gasteiger partial charge in [0.1, 0.15) is 0 Å². The lowest BCUT2D eigenvalue weighted by Crippen LogP contribution is -2.28. The molecule has 0 saturated heterocycles. The standard InChI is InChI=1S/C10H16N2O2S/c1-8(5-7-15)4-6-12-10(14)3-2-9(13)11-12/h2-3,8,15H,4-7H2,1H3,(H,11,13). The molecule has 1 N–H and O–H groups in total. The van der Waals surface area contributed by atoms with Gasteiger partial charge in [-0.1, -0.05) is 6.92 Å². The summed E-state index contributed by atoms with van der Waals surface area (Å²) in [6.45, 7) is 2.67. The van der Waals surface area contributed by atoms with Crippen molar-refractivity contribution in [1.29, 1.82) is 0 Å². The molecule has 0 radical (unpaired) electrons. The Bertz CT molecular complexity index is 410. The second-order valence-electron chi connectivity index (χ2n) is 3.71. The van der Waals surface area contributed by atoms with Gasteiger partial charge in [-0.2, -0.15) is 12.6 Å². The monoisotopic (exact) mass is 228 g/mol. The molecule has 0 bridgehead atoms. The van der Waals surface area contributed by atoms with Crippen molar-refractivity contribution in [3.63, 3.8) is 0 Å². The molecular weight excluding hydrogens is 212 g/mol. The summed E-state index contributed by atoms with van der Waals surface area (Å²) in [4.78, 5) is 22.3. The maximum Gasteiger partial charge on any atom is 0.265 e. The topological polar surface area (TPSA) is 54.9 Å². The average Bonchev–Trinajstić information content (AvgIpc) is 2.20. The van der Waals surface area contributed by atoms with E-state index in [0.717, 1.165) is 18.6 Å². The summed E-state index contributed by atoms with van der Waals surface area (Å²) in [6, 6.07) is 2.54. The van der Waals surface area contributed by atoms with Gasteiger partial charge in [0.05, 0.1) is 0 Å². The molecule has 84 valence electrons. The third-order valence-electron chi connectivity index (χ3n) is 2.36. The van der Waals surface area contributed by atoms with E-state index in [1.54, 1.807) is 0 Å². The molecule has 1 aromatic heterocycles. The van der Waals surface area contributed by atoms with Crippen molar-refractivity contribution in [1.82, 2.24) is 9.78 Å². The minimum atomic E-state index is -0.239. The first-order chi connectivity index (χ1) is 7.13. The third-order valence-corrected chi connectivity index (χ3v) is 2.61. The molecular formula is C10H16N2O2S. The van der Waals surface area contributed by atoms with Crippen LogP contribution >= 0.6 is 12.6 Å². The maximum atomic E-state index is 11.3. The van der Waals surface area contributed by atoms with Gasteiger partial charge in [0.15, 0.2) is 0 Å². The van der Waals surface area contributed by atoms with Gasteiger partial charge in [-0.05, 0) is 24.5 Å². The van der Waals surface area contributed by atoms with E-state index in [4.69, 9.17) is 0 Å². The number of aryl methyl sites for hydroxylation is 1. The van der Waals surface area contributed by atoms with Crippen molar-refractivity contribution in [2.24, 2.45) is 5.92 Å². The average molecular weight is 228 g/mol. The molecule has 1 rings (SSSR count). The number of hydrogen-bond acceptors (Lipinski definition) is 3. The van der Waals surface area contributed by atoms with Crippen molar-refractivity contribution in [3.05, 3.63) is 32.8 Å². The third kappa shape index (κ3) is 3.95. The Morgan fingerprint density at radius 1 is 1.40 bits per heavy atom. The van der Waals surface area contributed by atoms with E-state index in [0.29, 0.717) is 12.5 Å². The molecule has 4 nitrogen and oxygen atoms in total. The molecule has 0 fully saturated rings. The van der Waals surface area contributed by atoms with E-state index < -0.39 is 0 Å². The Labute approximate surface area is 93.7 Å². The molecule has 0 aliphatic heterocycles. The smallest absolute Gasteiger partial charge is 0.265 e. The number of nitrogens with one attached hydrogen (secondary N) is 1. The summed E-state index contributed by atoms with van der Waals surface area (Å²) < 4.78 is 1.36. The van der Waals surface area contributed by atoms with Crippen LogP contribution in [0.5, 0.6) is 0 Å². The largest absolute Gasteiger partial charge is 0.268 e. The lowest BCUT2D eigenvalue weighted by atomic mass is 10.1. The summed E-state index contributed by atoms with van der Waals surface area (Å²) in [5.41, 5.74) is -0.399. The molecule has 1 aromatic rings. The van der Waals surface area contributed by atoms with Crippen LogP contribution in [0.25, 0.3) is 0 Å². The highest BCUT2D eigenvalue weighted by molar-refractivity contribution is 7.80. The fraction of sp³-hybridized carbons (Fsp3) is 0.600. The molecule has 5 heteroatoms. The summed E-state index contributed by atoms with van der Waals surface area (Å²) in [5.74, 6) is 1.36. The molecule has 0 saturated carbocycles. The second kappa shape index (κ2) is 5.80. The number of H-pyrrole nitrogens is 1. The highest BCUT2D eigenvalue weighted by Crippen LogP contribution is 2.08. The summed E-state index contributed by atoms with van der Waals surface area (Å²) in [5, 5.41) is 2.50. The number of aromatic amines is 1. The molecule has 0 aliphatic rings.